The normalized spacial score (nSPS) is 18.6. The summed E-state index contributed by atoms with van der Waals surface area (Å²) in [5.41, 5.74) is 1.53. The Balaban J connectivity index is 0.000000265. The van der Waals surface area contributed by atoms with Gasteiger partial charge in [-0.3, -0.25) is 9.69 Å². The molecule has 10 nitrogen and oxygen atoms in total. The summed E-state index contributed by atoms with van der Waals surface area (Å²) in [6.07, 6.45) is 7.48. The molecule has 0 bridgehead atoms. The lowest BCUT2D eigenvalue weighted by molar-refractivity contribution is -0.156. The predicted octanol–water partition coefficient (Wildman–Crippen LogP) is 11.6. The van der Waals surface area contributed by atoms with Crippen molar-refractivity contribution in [2.75, 3.05) is 52.5 Å². The first-order chi connectivity index (χ1) is 28.4. The van der Waals surface area contributed by atoms with Crippen LogP contribution >= 0.6 is 23.2 Å². The Morgan fingerprint density at radius 3 is 2.05 bits per heavy atom. The quantitative estimate of drug-likeness (QED) is 0.103. The summed E-state index contributed by atoms with van der Waals surface area (Å²) >= 11 is 12.4. The molecule has 0 spiro atoms. The first-order valence-corrected chi connectivity index (χ1v) is 22.3. The number of carbonyl (C=O) groups is 2. The van der Waals surface area contributed by atoms with Crippen LogP contribution in [0.2, 0.25) is 10.0 Å². The third-order valence-electron chi connectivity index (χ3n) is 10.1. The molecule has 2 heterocycles. The average Bonchev–Trinajstić information content (AvgIpc) is 3.19. The summed E-state index contributed by atoms with van der Waals surface area (Å²) in [4.78, 5) is 28.3. The first kappa shape index (κ1) is 49.1. The zero-order valence-corrected chi connectivity index (χ0v) is 38.7. The predicted molar refractivity (Wildman–Crippen MR) is 239 cm³/mol. The molecule has 3 aromatic carbocycles. The molecule has 2 saturated heterocycles. The summed E-state index contributed by atoms with van der Waals surface area (Å²) < 4.78 is 34.6. The van der Waals surface area contributed by atoms with Crippen molar-refractivity contribution in [1.82, 2.24) is 9.80 Å². The maximum atomic E-state index is 12.3. The van der Waals surface area contributed by atoms with Gasteiger partial charge in [-0.15, -0.1) is 0 Å². The Labute approximate surface area is 369 Å². The highest BCUT2D eigenvalue weighted by atomic mass is 35.5. The number of benzene rings is 3. The van der Waals surface area contributed by atoms with E-state index in [0.717, 1.165) is 48.6 Å². The van der Waals surface area contributed by atoms with Crippen LogP contribution in [0.4, 0.5) is 4.79 Å². The van der Waals surface area contributed by atoms with Crippen LogP contribution in [0.5, 0.6) is 11.5 Å². The molecule has 12 heteroatoms. The molecular formula is C48H68Cl2N2O8. The molecule has 1 amide bonds. The summed E-state index contributed by atoms with van der Waals surface area (Å²) in [6.45, 7) is 21.1. The zero-order valence-electron chi connectivity index (χ0n) is 37.2. The molecule has 0 radical (unpaired) electrons. The van der Waals surface area contributed by atoms with Crippen LogP contribution in [0.3, 0.4) is 0 Å². The van der Waals surface area contributed by atoms with Crippen molar-refractivity contribution >= 4 is 35.3 Å². The van der Waals surface area contributed by atoms with E-state index in [0.29, 0.717) is 55.1 Å². The van der Waals surface area contributed by atoms with Gasteiger partial charge in [-0.2, -0.15) is 0 Å². The Morgan fingerprint density at radius 2 is 1.40 bits per heavy atom. The van der Waals surface area contributed by atoms with E-state index in [2.05, 4.69) is 30.9 Å². The highest BCUT2D eigenvalue weighted by molar-refractivity contribution is 6.35. The molecule has 332 valence electrons. The third-order valence-corrected chi connectivity index (χ3v) is 10.8. The standard InChI is InChI=1S/C26H43NO4.C22H25Cl2NO4/c1-6-7-8-9-10-11-19-29-23-14-12-22(13-15-23)26(5)21-27(18-20-30-26)17-16-24(28)31-25(2,3)4;1-22(2,3)29-21(26)25-11-12-27-20(13-25)15-7-9-16(10-8-15)28-14-17-18(23)5-4-6-19(17)24/h12-15H,6-11,16-21H2,1-5H3;4-10,20H,11-14H2,1-3H3. The largest absolute Gasteiger partial charge is 0.494 e. The van der Waals surface area contributed by atoms with Crippen molar-refractivity contribution in [3.63, 3.8) is 0 Å². The topological polar surface area (TPSA) is 96.0 Å². The van der Waals surface area contributed by atoms with Crippen molar-refractivity contribution < 1.29 is 38.0 Å². The molecule has 2 atom stereocenters. The minimum absolute atomic E-state index is 0.146. The monoisotopic (exact) mass is 870 g/mol. The second kappa shape index (κ2) is 23.6. The van der Waals surface area contributed by atoms with Gasteiger partial charge in [0.1, 0.15) is 41.0 Å². The number of morpholine rings is 2. The smallest absolute Gasteiger partial charge is 0.410 e. The first-order valence-electron chi connectivity index (χ1n) is 21.5. The molecule has 3 aromatic rings. The fourth-order valence-corrected chi connectivity index (χ4v) is 7.39. The number of ether oxygens (including phenoxy) is 6. The van der Waals surface area contributed by atoms with Crippen LogP contribution in [0.25, 0.3) is 0 Å². The number of hydrogen-bond donors (Lipinski definition) is 0. The van der Waals surface area contributed by atoms with Crippen LogP contribution in [-0.2, 0) is 35.9 Å². The van der Waals surface area contributed by atoms with Gasteiger partial charge < -0.3 is 33.3 Å². The Bertz CT molecular complexity index is 1740. The minimum Gasteiger partial charge on any atom is -0.494 e. The van der Waals surface area contributed by atoms with Gasteiger partial charge in [0.15, 0.2) is 0 Å². The lowest BCUT2D eigenvalue weighted by atomic mass is 9.93. The Hall–Kier alpha value is -3.54. The maximum Gasteiger partial charge on any atom is 0.410 e. The van der Waals surface area contributed by atoms with Crippen LogP contribution in [0, 0.1) is 0 Å². The molecule has 2 unspecified atom stereocenters. The molecule has 0 saturated carbocycles. The van der Waals surface area contributed by atoms with E-state index in [4.69, 9.17) is 51.6 Å². The number of nitrogens with zero attached hydrogens (tertiary/aromatic N) is 2. The molecule has 0 N–H and O–H groups in total. The second-order valence-corrected chi connectivity index (χ2v) is 18.5. The molecule has 5 rings (SSSR count). The fourth-order valence-electron chi connectivity index (χ4n) is 6.88. The van der Waals surface area contributed by atoms with Gasteiger partial charge in [0.05, 0.1) is 32.8 Å². The van der Waals surface area contributed by atoms with Gasteiger partial charge >= 0.3 is 12.1 Å². The molecular weight excluding hydrogens is 803 g/mol. The van der Waals surface area contributed by atoms with Gasteiger partial charge in [-0.05, 0) is 102 Å². The number of hydrogen-bond acceptors (Lipinski definition) is 9. The molecule has 0 aliphatic carbocycles. The van der Waals surface area contributed by atoms with Crippen LogP contribution in [0.15, 0.2) is 66.7 Å². The van der Waals surface area contributed by atoms with Crippen molar-refractivity contribution in [2.45, 2.75) is 130 Å². The highest BCUT2D eigenvalue weighted by Gasteiger charge is 2.34. The molecule has 0 aromatic heterocycles. The SMILES string of the molecule is CC(C)(C)OC(=O)N1CCOC(c2ccc(OCc3c(Cl)cccc3Cl)cc2)C1.CCCCCCCCOc1ccc(C2(C)CN(CCC(=O)OC(C)(C)C)CCO2)cc1. The fraction of sp³-hybridized carbons (Fsp3) is 0.583. The van der Waals surface area contributed by atoms with Gasteiger partial charge in [0, 0.05) is 41.8 Å². The van der Waals surface area contributed by atoms with E-state index in [1.807, 2.05) is 77.9 Å². The lowest BCUT2D eigenvalue weighted by Crippen LogP contribution is -2.48. The number of esters is 1. The third kappa shape index (κ3) is 17.1. The van der Waals surface area contributed by atoms with Crippen LogP contribution in [0.1, 0.15) is 123 Å². The van der Waals surface area contributed by atoms with Gasteiger partial charge in [0.25, 0.3) is 0 Å². The van der Waals surface area contributed by atoms with Crippen LogP contribution in [-0.4, -0.2) is 85.6 Å². The van der Waals surface area contributed by atoms with Crippen LogP contribution < -0.4 is 9.47 Å². The second-order valence-electron chi connectivity index (χ2n) is 17.7. The number of rotatable bonds is 16. The number of amides is 1. The lowest BCUT2D eigenvalue weighted by Gasteiger charge is -2.41. The van der Waals surface area contributed by atoms with Crippen molar-refractivity contribution in [2.24, 2.45) is 0 Å². The van der Waals surface area contributed by atoms with Gasteiger partial charge in [-0.25, -0.2) is 4.79 Å². The van der Waals surface area contributed by atoms with Crippen molar-refractivity contribution in [3.8, 4) is 11.5 Å². The zero-order chi connectivity index (χ0) is 43.8. The Morgan fingerprint density at radius 1 is 0.783 bits per heavy atom. The number of carbonyl (C=O) groups excluding carboxylic acids is 2. The van der Waals surface area contributed by atoms with E-state index < -0.39 is 11.2 Å². The van der Waals surface area contributed by atoms with E-state index in [-0.39, 0.29) is 30.4 Å². The van der Waals surface area contributed by atoms with E-state index in [9.17, 15) is 9.59 Å². The summed E-state index contributed by atoms with van der Waals surface area (Å²) in [5.74, 6) is 1.47. The van der Waals surface area contributed by atoms with E-state index >= 15 is 0 Å². The summed E-state index contributed by atoms with van der Waals surface area (Å²) in [6, 6.07) is 21.3. The minimum atomic E-state index is -0.519. The number of halogens is 2. The average molecular weight is 872 g/mol. The van der Waals surface area contributed by atoms with Gasteiger partial charge in [-0.1, -0.05) is 92.6 Å². The van der Waals surface area contributed by atoms with E-state index in [1.54, 1.807) is 23.1 Å². The molecule has 2 aliphatic heterocycles. The Kier molecular flexibility index (Phi) is 19.3. The molecule has 60 heavy (non-hydrogen) atoms. The maximum absolute atomic E-state index is 12.3. The number of unbranched alkanes of at least 4 members (excludes halogenated alkanes) is 5. The molecule has 2 aliphatic rings. The van der Waals surface area contributed by atoms with Crippen molar-refractivity contribution in [1.29, 1.82) is 0 Å². The van der Waals surface area contributed by atoms with Crippen molar-refractivity contribution in [3.05, 3.63) is 93.5 Å². The summed E-state index contributed by atoms with van der Waals surface area (Å²) in [7, 11) is 0. The van der Waals surface area contributed by atoms with E-state index in [1.165, 1.54) is 32.1 Å². The van der Waals surface area contributed by atoms with Gasteiger partial charge in [0.2, 0.25) is 0 Å². The summed E-state index contributed by atoms with van der Waals surface area (Å²) in [5, 5.41) is 1.15. The highest BCUT2D eigenvalue weighted by Crippen LogP contribution is 2.32. The molecule has 2 fully saturated rings.